The Labute approximate surface area is 77.2 Å². The van der Waals surface area contributed by atoms with E-state index in [4.69, 9.17) is 0 Å². The van der Waals surface area contributed by atoms with E-state index < -0.39 is 18.4 Å². The van der Waals surface area contributed by atoms with Crippen LogP contribution in [0.15, 0.2) is 17.5 Å². The van der Waals surface area contributed by atoms with Crippen LogP contribution < -0.4 is 0 Å². The largest absolute Gasteiger partial charge is 0.395 e. The summed E-state index contributed by atoms with van der Waals surface area (Å²) in [4.78, 5) is 11.5. The lowest BCUT2D eigenvalue weighted by Crippen LogP contribution is -2.15. The highest BCUT2D eigenvalue weighted by Gasteiger charge is 2.30. The highest BCUT2D eigenvalue weighted by Crippen LogP contribution is 2.21. The molecule has 1 aromatic heterocycles. The molecule has 0 fully saturated rings. The van der Waals surface area contributed by atoms with E-state index in [0.717, 1.165) is 0 Å². The number of alkyl halides is 3. The van der Waals surface area contributed by atoms with E-state index in [2.05, 4.69) is 0 Å². The zero-order valence-electron chi connectivity index (χ0n) is 6.60. The van der Waals surface area contributed by atoms with Crippen molar-refractivity contribution in [3.05, 3.63) is 22.4 Å². The Balaban J connectivity index is 2.43. The zero-order valence-corrected chi connectivity index (χ0v) is 7.41. The van der Waals surface area contributed by atoms with Crippen molar-refractivity contribution in [2.75, 3.05) is 0 Å². The number of carbonyl (C=O) groups excluding carboxylic acids is 1. The lowest BCUT2D eigenvalue weighted by atomic mass is 10.2. The summed E-state index contributed by atoms with van der Waals surface area (Å²) in [6, 6.07) is 3.36. The van der Waals surface area contributed by atoms with E-state index in [1.165, 1.54) is 11.3 Å². The van der Waals surface area contributed by atoms with Crippen molar-refractivity contribution in [3.63, 3.8) is 0 Å². The standard InChI is InChI=1S/C8H7F3OS/c9-8(10,11)5-6(12)4-7-2-1-3-13-7/h1-3H,4-5H2. The molecule has 0 radical (unpaired) electrons. The zero-order chi connectivity index (χ0) is 9.90. The number of halogens is 3. The molecule has 1 nitrogen and oxygen atoms in total. The van der Waals surface area contributed by atoms with Gasteiger partial charge in [0.1, 0.15) is 12.2 Å². The molecule has 13 heavy (non-hydrogen) atoms. The summed E-state index contributed by atoms with van der Waals surface area (Å²) in [7, 11) is 0. The highest BCUT2D eigenvalue weighted by molar-refractivity contribution is 7.10. The second-order valence-corrected chi connectivity index (χ2v) is 3.62. The lowest BCUT2D eigenvalue weighted by molar-refractivity contribution is -0.151. The van der Waals surface area contributed by atoms with Crippen LogP contribution in [0.4, 0.5) is 13.2 Å². The molecular weight excluding hydrogens is 201 g/mol. The fourth-order valence-corrected chi connectivity index (χ4v) is 1.63. The predicted molar refractivity (Wildman–Crippen MR) is 43.7 cm³/mol. The van der Waals surface area contributed by atoms with Gasteiger partial charge in [-0.3, -0.25) is 4.79 Å². The molecule has 0 atom stereocenters. The van der Waals surface area contributed by atoms with Crippen molar-refractivity contribution >= 4 is 17.1 Å². The van der Waals surface area contributed by atoms with Crippen molar-refractivity contribution < 1.29 is 18.0 Å². The Kier molecular flexibility index (Phi) is 3.08. The first-order valence-corrected chi connectivity index (χ1v) is 4.46. The number of carbonyl (C=O) groups is 1. The monoisotopic (exact) mass is 208 g/mol. The summed E-state index contributed by atoms with van der Waals surface area (Å²) < 4.78 is 35.2. The minimum atomic E-state index is -4.38. The first kappa shape index (κ1) is 10.2. The Morgan fingerprint density at radius 1 is 1.46 bits per heavy atom. The Hall–Kier alpha value is -0.840. The van der Waals surface area contributed by atoms with Crippen molar-refractivity contribution in [1.82, 2.24) is 0 Å². The first-order valence-electron chi connectivity index (χ1n) is 3.58. The number of rotatable bonds is 3. The van der Waals surface area contributed by atoms with E-state index in [1.807, 2.05) is 0 Å². The maximum absolute atomic E-state index is 11.7. The highest BCUT2D eigenvalue weighted by atomic mass is 32.1. The van der Waals surface area contributed by atoms with E-state index >= 15 is 0 Å². The molecule has 0 spiro atoms. The maximum Gasteiger partial charge on any atom is 0.395 e. The van der Waals surface area contributed by atoms with Crippen LogP contribution in [0, 0.1) is 0 Å². The summed E-state index contributed by atoms with van der Waals surface area (Å²) >= 11 is 1.29. The Bertz CT molecular complexity index is 276. The van der Waals surface area contributed by atoms with E-state index in [1.54, 1.807) is 17.5 Å². The van der Waals surface area contributed by atoms with Gasteiger partial charge < -0.3 is 0 Å². The second-order valence-electron chi connectivity index (χ2n) is 2.59. The van der Waals surface area contributed by atoms with E-state index in [-0.39, 0.29) is 6.42 Å². The molecule has 1 rings (SSSR count). The minimum absolute atomic E-state index is 0.114. The molecule has 0 bridgehead atoms. The molecule has 5 heteroatoms. The predicted octanol–water partition coefficient (Wildman–Crippen LogP) is 2.81. The summed E-state index contributed by atoms with van der Waals surface area (Å²) in [5.74, 6) is -0.782. The average Bonchev–Trinajstić information content (AvgIpc) is 2.34. The molecule has 0 saturated carbocycles. The van der Waals surface area contributed by atoms with Crippen LogP contribution in [0.2, 0.25) is 0 Å². The molecule has 0 unspecified atom stereocenters. The van der Waals surface area contributed by atoms with Crippen LogP contribution in [0.25, 0.3) is 0 Å². The molecule has 72 valence electrons. The van der Waals surface area contributed by atoms with Gasteiger partial charge in [0.2, 0.25) is 0 Å². The third kappa shape index (κ3) is 4.07. The van der Waals surface area contributed by atoms with Crippen LogP contribution in [0.3, 0.4) is 0 Å². The maximum atomic E-state index is 11.7. The van der Waals surface area contributed by atoms with Crippen molar-refractivity contribution in [2.24, 2.45) is 0 Å². The fourth-order valence-electron chi connectivity index (χ4n) is 0.894. The normalized spacial score (nSPS) is 11.6. The summed E-state index contributed by atoms with van der Waals surface area (Å²) in [5.41, 5.74) is 0. The summed E-state index contributed by atoms with van der Waals surface area (Å²) in [6.07, 6.45) is -5.82. The molecule has 0 aliphatic carbocycles. The van der Waals surface area contributed by atoms with Crippen LogP contribution in [0.5, 0.6) is 0 Å². The molecule has 1 aromatic rings. The Morgan fingerprint density at radius 3 is 2.62 bits per heavy atom. The molecule has 0 aliphatic heterocycles. The van der Waals surface area contributed by atoms with Crippen LogP contribution in [-0.4, -0.2) is 12.0 Å². The molecule has 0 aliphatic rings. The molecule has 0 N–H and O–H groups in total. The van der Waals surface area contributed by atoms with Crippen LogP contribution >= 0.6 is 11.3 Å². The average molecular weight is 208 g/mol. The number of thiophene rings is 1. The lowest BCUT2D eigenvalue weighted by Gasteiger charge is -2.03. The summed E-state index contributed by atoms with van der Waals surface area (Å²) in [6.45, 7) is 0. The van der Waals surface area contributed by atoms with Gasteiger partial charge >= 0.3 is 6.18 Å². The number of Topliss-reactive ketones (excluding diaryl/α,β-unsaturated/α-hetero) is 1. The van der Waals surface area contributed by atoms with Gasteiger partial charge in [0.15, 0.2) is 0 Å². The van der Waals surface area contributed by atoms with Gasteiger partial charge in [-0.15, -0.1) is 11.3 Å². The Morgan fingerprint density at radius 2 is 2.15 bits per heavy atom. The van der Waals surface area contributed by atoms with Gasteiger partial charge in [0, 0.05) is 11.3 Å². The SMILES string of the molecule is O=C(Cc1cccs1)CC(F)(F)F. The van der Waals surface area contributed by atoms with Crippen molar-refractivity contribution in [1.29, 1.82) is 0 Å². The number of hydrogen-bond acceptors (Lipinski definition) is 2. The quantitative estimate of drug-likeness (QED) is 0.746. The third-order valence-electron chi connectivity index (χ3n) is 1.35. The van der Waals surface area contributed by atoms with E-state index in [9.17, 15) is 18.0 Å². The summed E-state index contributed by atoms with van der Waals surface area (Å²) in [5, 5.41) is 1.73. The third-order valence-corrected chi connectivity index (χ3v) is 2.23. The van der Waals surface area contributed by atoms with Gasteiger partial charge in [-0.25, -0.2) is 0 Å². The second kappa shape index (κ2) is 3.91. The van der Waals surface area contributed by atoms with Gasteiger partial charge in [-0.1, -0.05) is 6.07 Å². The van der Waals surface area contributed by atoms with Gasteiger partial charge in [0.25, 0.3) is 0 Å². The first-order chi connectivity index (χ1) is 5.97. The van der Waals surface area contributed by atoms with Crippen LogP contribution in [0.1, 0.15) is 11.3 Å². The molecule has 0 saturated heterocycles. The van der Waals surface area contributed by atoms with Gasteiger partial charge in [-0.05, 0) is 11.4 Å². The smallest absolute Gasteiger partial charge is 0.299 e. The van der Waals surface area contributed by atoms with E-state index in [0.29, 0.717) is 4.88 Å². The van der Waals surface area contributed by atoms with Crippen molar-refractivity contribution in [3.8, 4) is 0 Å². The topological polar surface area (TPSA) is 17.1 Å². The molecular formula is C8H7F3OS. The van der Waals surface area contributed by atoms with Gasteiger partial charge in [-0.2, -0.15) is 13.2 Å². The minimum Gasteiger partial charge on any atom is -0.299 e. The van der Waals surface area contributed by atoms with Crippen molar-refractivity contribution in [2.45, 2.75) is 19.0 Å². The number of hydrogen-bond donors (Lipinski definition) is 0. The van der Waals surface area contributed by atoms with Crippen LogP contribution in [-0.2, 0) is 11.2 Å². The fraction of sp³-hybridized carbons (Fsp3) is 0.375. The number of ketones is 1. The van der Waals surface area contributed by atoms with Gasteiger partial charge in [0.05, 0.1) is 0 Å². The molecule has 0 amide bonds. The molecule has 1 heterocycles. The molecule has 0 aromatic carbocycles.